The average molecular weight is 224 g/mol. The van der Waals surface area contributed by atoms with Crippen LogP contribution in [0.15, 0.2) is 0 Å². The maximum absolute atomic E-state index is 12.9. The minimum absolute atomic E-state index is 0.201. The maximum Gasteiger partial charge on any atom is 0.420 e. The molecular formula is C11H19F3O. The molecule has 1 nitrogen and oxygen atoms in total. The van der Waals surface area contributed by atoms with Gasteiger partial charge < -0.3 is 4.74 Å². The van der Waals surface area contributed by atoms with Gasteiger partial charge in [-0.1, -0.05) is 41.0 Å². The molecule has 0 amide bonds. The van der Waals surface area contributed by atoms with Gasteiger partial charge in [0.05, 0.1) is 6.61 Å². The molecule has 90 valence electrons. The van der Waals surface area contributed by atoms with Crippen LogP contribution in [0.5, 0.6) is 0 Å². The van der Waals surface area contributed by atoms with Crippen molar-refractivity contribution in [2.75, 3.05) is 6.61 Å². The Hall–Kier alpha value is -0.250. The van der Waals surface area contributed by atoms with E-state index in [2.05, 4.69) is 0 Å². The molecule has 0 bridgehead atoms. The molecule has 1 aliphatic heterocycles. The highest BCUT2D eigenvalue weighted by atomic mass is 19.4. The summed E-state index contributed by atoms with van der Waals surface area (Å²) < 4.78 is 43.6. The summed E-state index contributed by atoms with van der Waals surface area (Å²) in [6, 6.07) is 0. The Kier molecular flexibility index (Phi) is 2.67. The molecule has 1 atom stereocenters. The van der Waals surface area contributed by atoms with Gasteiger partial charge in [0.2, 0.25) is 0 Å². The van der Waals surface area contributed by atoms with Crippen LogP contribution in [-0.2, 0) is 4.74 Å². The van der Waals surface area contributed by atoms with Gasteiger partial charge in [0, 0.05) is 5.41 Å². The average Bonchev–Trinajstić information content (AvgIpc) is 2.81. The molecule has 15 heavy (non-hydrogen) atoms. The van der Waals surface area contributed by atoms with Crippen molar-refractivity contribution in [3.8, 4) is 0 Å². The summed E-state index contributed by atoms with van der Waals surface area (Å²) >= 11 is 0. The zero-order valence-electron chi connectivity index (χ0n) is 9.96. The molecule has 1 aliphatic rings. The third kappa shape index (κ3) is 1.57. The SMILES string of the molecule is CCC(C)(C)C(C)(C)C1(C(F)(F)F)CO1. The lowest BCUT2D eigenvalue weighted by Gasteiger charge is -2.45. The highest BCUT2D eigenvalue weighted by molar-refractivity contribution is 5.13. The van der Waals surface area contributed by atoms with Crippen molar-refractivity contribution >= 4 is 0 Å². The zero-order chi connectivity index (χ0) is 12.1. The minimum atomic E-state index is -4.27. The first-order valence-corrected chi connectivity index (χ1v) is 5.22. The summed E-state index contributed by atoms with van der Waals surface area (Å²) in [4.78, 5) is 0. The topological polar surface area (TPSA) is 12.5 Å². The van der Waals surface area contributed by atoms with Crippen molar-refractivity contribution in [1.82, 2.24) is 0 Å². The summed E-state index contributed by atoms with van der Waals surface area (Å²) in [5.74, 6) is 0. The Morgan fingerprint density at radius 1 is 1.13 bits per heavy atom. The van der Waals surface area contributed by atoms with Gasteiger partial charge in [0.25, 0.3) is 0 Å². The molecule has 0 N–H and O–H groups in total. The zero-order valence-corrected chi connectivity index (χ0v) is 9.96. The Labute approximate surface area is 89.0 Å². The van der Waals surface area contributed by atoms with Gasteiger partial charge in [0.1, 0.15) is 0 Å². The van der Waals surface area contributed by atoms with Gasteiger partial charge in [-0.3, -0.25) is 0 Å². The van der Waals surface area contributed by atoms with Crippen LogP contribution in [-0.4, -0.2) is 18.4 Å². The number of ether oxygens (including phenoxy) is 1. The molecule has 1 saturated heterocycles. The van der Waals surface area contributed by atoms with Gasteiger partial charge in [-0.05, 0) is 5.41 Å². The van der Waals surface area contributed by atoms with Crippen LogP contribution >= 0.6 is 0 Å². The van der Waals surface area contributed by atoms with E-state index in [0.29, 0.717) is 6.42 Å². The smallest absolute Gasteiger partial charge is 0.359 e. The van der Waals surface area contributed by atoms with Crippen LogP contribution in [0.1, 0.15) is 41.0 Å². The quantitative estimate of drug-likeness (QED) is 0.664. The van der Waals surface area contributed by atoms with E-state index >= 15 is 0 Å². The fraction of sp³-hybridized carbons (Fsp3) is 1.00. The predicted octanol–water partition coefficient (Wildman–Crippen LogP) is 3.78. The summed E-state index contributed by atoms with van der Waals surface area (Å²) in [6.45, 7) is 8.74. The standard InChI is InChI=1S/C11H19F3O/c1-6-8(2,3)9(4,5)10(7-15-10)11(12,13)14/h6-7H2,1-5H3. The lowest BCUT2D eigenvalue weighted by molar-refractivity contribution is -0.229. The van der Waals surface area contributed by atoms with E-state index in [4.69, 9.17) is 4.74 Å². The number of rotatable bonds is 3. The van der Waals surface area contributed by atoms with E-state index in [1.54, 1.807) is 13.8 Å². The van der Waals surface area contributed by atoms with Gasteiger partial charge in [0.15, 0.2) is 5.60 Å². The molecule has 1 heterocycles. The lowest BCUT2D eigenvalue weighted by atomic mass is 9.59. The largest absolute Gasteiger partial charge is 0.420 e. The van der Waals surface area contributed by atoms with Crippen molar-refractivity contribution in [2.24, 2.45) is 10.8 Å². The monoisotopic (exact) mass is 224 g/mol. The molecular weight excluding hydrogens is 205 g/mol. The highest BCUT2D eigenvalue weighted by Gasteiger charge is 2.75. The Bertz CT molecular complexity index is 249. The first-order chi connectivity index (χ1) is 6.52. The number of hydrogen-bond acceptors (Lipinski definition) is 1. The van der Waals surface area contributed by atoms with Crippen LogP contribution in [0.25, 0.3) is 0 Å². The summed E-state index contributed by atoms with van der Waals surface area (Å²) in [5.41, 5.74) is -3.24. The van der Waals surface area contributed by atoms with E-state index in [9.17, 15) is 13.2 Å². The fourth-order valence-corrected chi connectivity index (χ4v) is 1.94. The second-order valence-electron chi connectivity index (χ2n) is 5.48. The molecule has 0 aromatic rings. The molecule has 0 saturated carbocycles. The minimum Gasteiger partial charge on any atom is -0.359 e. The summed E-state index contributed by atoms with van der Waals surface area (Å²) in [7, 11) is 0. The van der Waals surface area contributed by atoms with Gasteiger partial charge in [-0.15, -0.1) is 0 Å². The van der Waals surface area contributed by atoms with Crippen molar-refractivity contribution in [3.05, 3.63) is 0 Å². The molecule has 0 radical (unpaired) electrons. The highest BCUT2D eigenvalue weighted by Crippen LogP contribution is 2.62. The molecule has 4 heteroatoms. The number of hydrogen-bond donors (Lipinski definition) is 0. The molecule has 1 fully saturated rings. The second kappa shape index (κ2) is 3.12. The fourth-order valence-electron chi connectivity index (χ4n) is 1.94. The van der Waals surface area contributed by atoms with Crippen LogP contribution in [0.4, 0.5) is 13.2 Å². The third-order valence-corrected chi connectivity index (χ3v) is 4.48. The van der Waals surface area contributed by atoms with Gasteiger partial charge in [-0.2, -0.15) is 13.2 Å². The Morgan fingerprint density at radius 3 is 1.73 bits per heavy atom. The second-order valence-corrected chi connectivity index (χ2v) is 5.48. The van der Waals surface area contributed by atoms with E-state index in [1.165, 1.54) is 0 Å². The molecule has 1 unspecified atom stereocenters. The maximum atomic E-state index is 12.9. The summed E-state index contributed by atoms with van der Waals surface area (Å²) in [5, 5.41) is 0. The van der Waals surface area contributed by atoms with Crippen LogP contribution < -0.4 is 0 Å². The van der Waals surface area contributed by atoms with Crippen molar-refractivity contribution in [2.45, 2.75) is 52.8 Å². The normalized spacial score (nSPS) is 28.0. The van der Waals surface area contributed by atoms with E-state index in [1.807, 2.05) is 20.8 Å². The van der Waals surface area contributed by atoms with Crippen molar-refractivity contribution in [3.63, 3.8) is 0 Å². The predicted molar refractivity (Wildman–Crippen MR) is 52.6 cm³/mol. The van der Waals surface area contributed by atoms with E-state index in [-0.39, 0.29) is 6.61 Å². The number of epoxide rings is 1. The molecule has 0 aliphatic carbocycles. The third-order valence-electron chi connectivity index (χ3n) is 4.48. The van der Waals surface area contributed by atoms with Gasteiger partial charge in [-0.25, -0.2) is 0 Å². The first-order valence-electron chi connectivity index (χ1n) is 5.22. The van der Waals surface area contributed by atoms with Crippen LogP contribution in [0.3, 0.4) is 0 Å². The van der Waals surface area contributed by atoms with Crippen molar-refractivity contribution in [1.29, 1.82) is 0 Å². The Balaban J connectivity index is 3.07. The van der Waals surface area contributed by atoms with E-state index < -0.39 is 22.6 Å². The van der Waals surface area contributed by atoms with Crippen LogP contribution in [0.2, 0.25) is 0 Å². The number of halogens is 3. The molecule has 1 rings (SSSR count). The van der Waals surface area contributed by atoms with Crippen molar-refractivity contribution < 1.29 is 17.9 Å². The van der Waals surface area contributed by atoms with Gasteiger partial charge >= 0.3 is 6.18 Å². The summed E-state index contributed by atoms with van der Waals surface area (Å²) in [6.07, 6.45) is -3.58. The molecule has 0 aromatic heterocycles. The lowest BCUT2D eigenvalue weighted by Crippen LogP contribution is -2.53. The molecule has 0 spiro atoms. The van der Waals surface area contributed by atoms with E-state index in [0.717, 1.165) is 0 Å². The first kappa shape index (κ1) is 12.8. The molecule has 0 aromatic carbocycles. The number of alkyl halides is 3. The Morgan fingerprint density at radius 2 is 1.53 bits per heavy atom. The van der Waals surface area contributed by atoms with Crippen LogP contribution in [0, 0.1) is 10.8 Å².